The molecule has 0 aliphatic carbocycles. The molecule has 0 rings (SSSR count). The van der Waals surface area contributed by atoms with Crippen molar-refractivity contribution in [3.05, 3.63) is 12.7 Å². The van der Waals surface area contributed by atoms with Crippen LogP contribution in [-0.2, 0) is 19.1 Å². The van der Waals surface area contributed by atoms with Crippen LogP contribution in [-0.4, -0.2) is 36.1 Å². The Morgan fingerprint density at radius 2 is 1.86 bits per heavy atom. The van der Waals surface area contributed by atoms with Gasteiger partial charge in [-0.1, -0.05) is 20.4 Å². The highest BCUT2D eigenvalue weighted by atomic mass is 16.6. The van der Waals surface area contributed by atoms with Gasteiger partial charge in [0.1, 0.15) is 11.2 Å². The topological polar surface area (TPSA) is 78.6 Å². The van der Waals surface area contributed by atoms with E-state index in [9.17, 15) is 9.59 Å². The molecule has 0 radical (unpaired) electrons. The number of ether oxygens (including phenoxy) is 2. The fourth-order valence-corrected chi connectivity index (χ4v) is 1.80. The highest BCUT2D eigenvalue weighted by Gasteiger charge is 2.32. The molecule has 0 fully saturated rings. The zero-order valence-corrected chi connectivity index (χ0v) is 13.7. The molecule has 0 heterocycles. The van der Waals surface area contributed by atoms with Crippen molar-refractivity contribution in [2.24, 2.45) is 5.73 Å². The van der Waals surface area contributed by atoms with Gasteiger partial charge < -0.3 is 15.2 Å². The second-order valence-corrected chi connectivity index (χ2v) is 5.57. The van der Waals surface area contributed by atoms with E-state index in [1.54, 1.807) is 6.92 Å². The normalized spacial score (nSPS) is 16.6. The zero-order valence-electron chi connectivity index (χ0n) is 13.7. The van der Waals surface area contributed by atoms with Gasteiger partial charge in [0.15, 0.2) is 5.78 Å². The highest BCUT2D eigenvalue weighted by Crippen LogP contribution is 2.24. The van der Waals surface area contributed by atoms with E-state index in [1.165, 1.54) is 6.08 Å². The number of esters is 1. The van der Waals surface area contributed by atoms with Crippen molar-refractivity contribution in [2.45, 2.75) is 64.6 Å². The van der Waals surface area contributed by atoms with Crippen molar-refractivity contribution in [1.29, 1.82) is 0 Å². The lowest BCUT2D eigenvalue weighted by Crippen LogP contribution is -2.39. The highest BCUT2D eigenvalue weighted by molar-refractivity contribution is 5.96. The maximum atomic E-state index is 11.8. The van der Waals surface area contributed by atoms with Crippen LogP contribution >= 0.6 is 0 Å². The van der Waals surface area contributed by atoms with E-state index in [2.05, 4.69) is 6.58 Å². The molecule has 1 unspecified atom stereocenters. The van der Waals surface area contributed by atoms with E-state index in [0.29, 0.717) is 25.9 Å². The largest absolute Gasteiger partial charge is 0.459 e. The van der Waals surface area contributed by atoms with Crippen LogP contribution in [0.3, 0.4) is 0 Å². The van der Waals surface area contributed by atoms with Crippen molar-refractivity contribution >= 4 is 11.8 Å². The standard InChI is InChI=1S/C16H29NO4/c1-6-13(18)16(5,8-3)20-12-10-15(4,7-2)21-14(19)9-11-17/h6H,1,7-12,17H2,2-5H3/t15-,16?/m1/s1. The summed E-state index contributed by atoms with van der Waals surface area (Å²) in [6, 6.07) is 0. The van der Waals surface area contributed by atoms with Crippen LogP contribution in [0, 0.1) is 0 Å². The Morgan fingerprint density at radius 1 is 1.24 bits per heavy atom. The second kappa shape index (κ2) is 8.95. The molecule has 0 aromatic carbocycles. The number of hydrogen-bond acceptors (Lipinski definition) is 5. The predicted molar refractivity (Wildman–Crippen MR) is 82.9 cm³/mol. The first kappa shape index (κ1) is 19.8. The van der Waals surface area contributed by atoms with E-state index in [4.69, 9.17) is 15.2 Å². The Morgan fingerprint density at radius 3 is 2.29 bits per heavy atom. The van der Waals surface area contributed by atoms with Crippen LogP contribution in [0.1, 0.15) is 53.4 Å². The minimum absolute atomic E-state index is 0.136. The number of ketones is 1. The van der Waals surface area contributed by atoms with Gasteiger partial charge >= 0.3 is 5.97 Å². The second-order valence-electron chi connectivity index (χ2n) is 5.57. The molecule has 2 atom stereocenters. The Bertz CT molecular complexity index is 369. The third-order valence-electron chi connectivity index (χ3n) is 3.89. The Kier molecular flexibility index (Phi) is 8.44. The van der Waals surface area contributed by atoms with Gasteiger partial charge in [-0.05, 0) is 32.8 Å². The summed E-state index contributed by atoms with van der Waals surface area (Å²) in [5, 5.41) is 0. The van der Waals surface area contributed by atoms with Crippen LogP contribution in [0.2, 0.25) is 0 Å². The predicted octanol–water partition coefficient (Wildman–Crippen LogP) is 2.38. The fourth-order valence-electron chi connectivity index (χ4n) is 1.80. The molecule has 0 bridgehead atoms. The SMILES string of the molecule is C=CC(=O)C(C)(CC)OCC[C@@](C)(CC)OC(=O)CCN. The molecule has 0 aliphatic rings. The number of carbonyl (C=O) groups excluding carboxylic acids is 2. The van der Waals surface area contributed by atoms with Gasteiger partial charge in [-0.2, -0.15) is 0 Å². The molecule has 5 heteroatoms. The first-order chi connectivity index (χ1) is 9.76. The fraction of sp³-hybridized carbons (Fsp3) is 0.750. The van der Waals surface area contributed by atoms with Crippen molar-refractivity contribution in [1.82, 2.24) is 0 Å². The van der Waals surface area contributed by atoms with Crippen LogP contribution in [0.4, 0.5) is 0 Å². The molecule has 21 heavy (non-hydrogen) atoms. The van der Waals surface area contributed by atoms with Crippen molar-refractivity contribution in [3.8, 4) is 0 Å². The molecule has 5 nitrogen and oxygen atoms in total. The molecule has 0 aromatic heterocycles. The zero-order chi connectivity index (χ0) is 16.5. The molecule has 122 valence electrons. The number of carbonyl (C=O) groups is 2. The van der Waals surface area contributed by atoms with Crippen LogP contribution in [0.5, 0.6) is 0 Å². The molecule has 0 spiro atoms. The summed E-state index contributed by atoms with van der Waals surface area (Å²) in [5.41, 5.74) is 3.88. The summed E-state index contributed by atoms with van der Waals surface area (Å²) >= 11 is 0. The van der Waals surface area contributed by atoms with Crippen LogP contribution in [0.25, 0.3) is 0 Å². The van der Waals surface area contributed by atoms with Gasteiger partial charge in [0.2, 0.25) is 0 Å². The lowest BCUT2D eigenvalue weighted by molar-refractivity contribution is -0.163. The summed E-state index contributed by atoms with van der Waals surface area (Å²) in [5.74, 6) is -0.439. The third-order valence-corrected chi connectivity index (χ3v) is 3.89. The Hall–Kier alpha value is -1.20. The first-order valence-corrected chi connectivity index (χ1v) is 7.49. The van der Waals surface area contributed by atoms with Crippen molar-refractivity contribution in [3.63, 3.8) is 0 Å². The van der Waals surface area contributed by atoms with E-state index < -0.39 is 11.2 Å². The van der Waals surface area contributed by atoms with Crippen molar-refractivity contribution in [2.75, 3.05) is 13.2 Å². The van der Waals surface area contributed by atoms with Gasteiger partial charge in [0.25, 0.3) is 0 Å². The summed E-state index contributed by atoms with van der Waals surface area (Å²) in [6.07, 6.45) is 3.25. The molecular weight excluding hydrogens is 270 g/mol. The minimum Gasteiger partial charge on any atom is -0.459 e. The summed E-state index contributed by atoms with van der Waals surface area (Å²) in [7, 11) is 0. The van der Waals surface area contributed by atoms with Gasteiger partial charge in [0, 0.05) is 13.0 Å². The lowest BCUT2D eigenvalue weighted by atomic mass is 9.96. The molecule has 2 N–H and O–H groups in total. The molecule has 0 amide bonds. The van der Waals surface area contributed by atoms with Gasteiger partial charge in [0.05, 0.1) is 13.0 Å². The van der Waals surface area contributed by atoms with Gasteiger partial charge in [-0.15, -0.1) is 0 Å². The summed E-state index contributed by atoms with van der Waals surface area (Å²) < 4.78 is 11.2. The van der Waals surface area contributed by atoms with Crippen molar-refractivity contribution < 1.29 is 19.1 Å². The maximum Gasteiger partial charge on any atom is 0.307 e. The Labute approximate surface area is 127 Å². The first-order valence-electron chi connectivity index (χ1n) is 7.49. The summed E-state index contributed by atoms with van der Waals surface area (Å²) in [4.78, 5) is 23.4. The minimum atomic E-state index is -0.863. The smallest absolute Gasteiger partial charge is 0.307 e. The maximum absolute atomic E-state index is 11.8. The van der Waals surface area contributed by atoms with Gasteiger partial charge in [-0.3, -0.25) is 9.59 Å². The van der Waals surface area contributed by atoms with Gasteiger partial charge in [-0.25, -0.2) is 0 Å². The molecule has 0 saturated heterocycles. The lowest BCUT2D eigenvalue weighted by Gasteiger charge is -2.31. The van der Waals surface area contributed by atoms with E-state index in [-0.39, 0.29) is 24.7 Å². The average Bonchev–Trinajstić information content (AvgIpc) is 2.46. The molecule has 0 aliphatic heterocycles. The average molecular weight is 299 g/mol. The van der Waals surface area contributed by atoms with E-state index in [0.717, 1.165) is 0 Å². The van der Waals surface area contributed by atoms with E-state index in [1.807, 2.05) is 20.8 Å². The quantitative estimate of drug-likeness (QED) is 0.468. The number of nitrogens with two attached hydrogens (primary N) is 1. The molecule has 0 aromatic rings. The van der Waals surface area contributed by atoms with Crippen LogP contribution < -0.4 is 5.73 Å². The molecular formula is C16H29NO4. The Balaban J connectivity index is 4.54. The van der Waals surface area contributed by atoms with Crippen LogP contribution in [0.15, 0.2) is 12.7 Å². The number of rotatable bonds is 11. The molecule has 0 saturated carbocycles. The van der Waals surface area contributed by atoms with E-state index >= 15 is 0 Å². The monoisotopic (exact) mass is 299 g/mol. The summed E-state index contributed by atoms with van der Waals surface area (Å²) in [6.45, 7) is 11.6. The number of hydrogen-bond donors (Lipinski definition) is 1. The third kappa shape index (κ3) is 6.40.